The minimum atomic E-state index is -0.443. The van der Waals surface area contributed by atoms with E-state index in [1.54, 1.807) is 6.07 Å². The fraction of sp³-hybridized carbons (Fsp3) is 0.462. The molecule has 0 amide bonds. The third-order valence-electron chi connectivity index (χ3n) is 3.02. The number of carbonyl (C=O) groups is 1. The molecular formula is C13H15BrClNO2. The largest absolute Gasteiger partial charge is 0.468 e. The molecule has 0 spiro atoms. The molecule has 1 unspecified atom stereocenters. The van der Waals surface area contributed by atoms with Gasteiger partial charge in [-0.25, -0.2) is 4.79 Å². The van der Waals surface area contributed by atoms with Gasteiger partial charge in [-0.15, -0.1) is 0 Å². The van der Waals surface area contributed by atoms with Crippen LogP contribution in [0.1, 0.15) is 24.4 Å². The number of carbonyl (C=O) groups excluding carboxylic acids is 1. The SMILES string of the molecule is COC(=O)C(NCC1CC1)c1ccc(Br)c(Cl)c1. The third kappa shape index (κ3) is 3.46. The van der Waals surface area contributed by atoms with Gasteiger partial charge in [0.1, 0.15) is 6.04 Å². The molecule has 1 atom stereocenters. The molecule has 0 bridgehead atoms. The number of hydrogen-bond acceptors (Lipinski definition) is 3. The van der Waals surface area contributed by atoms with Crippen LogP contribution in [0.5, 0.6) is 0 Å². The first-order valence-electron chi connectivity index (χ1n) is 5.88. The zero-order chi connectivity index (χ0) is 13.1. The quantitative estimate of drug-likeness (QED) is 0.841. The average Bonchev–Trinajstić information content (AvgIpc) is 3.17. The Labute approximate surface area is 120 Å². The molecule has 0 saturated heterocycles. The van der Waals surface area contributed by atoms with Crippen LogP contribution in [0, 0.1) is 5.92 Å². The first-order valence-corrected chi connectivity index (χ1v) is 7.05. The molecule has 1 fully saturated rings. The highest BCUT2D eigenvalue weighted by atomic mass is 79.9. The van der Waals surface area contributed by atoms with E-state index in [2.05, 4.69) is 21.2 Å². The van der Waals surface area contributed by atoms with Crippen LogP contribution in [0.25, 0.3) is 0 Å². The van der Waals surface area contributed by atoms with Gasteiger partial charge in [0, 0.05) is 4.47 Å². The summed E-state index contributed by atoms with van der Waals surface area (Å²) in [4.78, 5) is 11.8. The summed E-state index contributed by atoms with van der Waals surface area (Å²) >= 11 is 9.39. The van der Waals surface area contributed by atoms with E-state index < -0.39 is 6.04 Å². The normalized spacial score (nSPS) is 16.4. The van der Waals surface area contributed by atoms with Gasteiger partial charge >= 0.3 is 5.97 Å². The molecule has 0 radical (unpaired) electrons. The van der Waals surface area contributed by atoms with Crippen LogP contribution in [-0.4, -0.2) is 19.6 Å². The first-order chi connectivity index (χ1) is 8.61. The van der Waals surface area contributed by atoms with E-state index in [0.29, 0.717) is 10.9 Å². The lowest BCUT2D eigenvalue weighted by molar-refractivity contribution is -0.143. The lowest BCUT2D eigenvalue weighted by atomic mass is 10.1. The van der Waals surface area contributed by atoms with E-state index >= 15 is 0 Å². The highest BCUT2D eigenvalue weighted by Crippen LogP contribution is 2.30. The molecule has 0 heterocycles. The van der Waals surface area contributed by atoms with Gasteiger partial charge in [-0.05, 0) is 58.9 Å². The molecule has 1 aliphatic carbocycles. The number of nitrogens with one attached hydrogen (secondary N) is 1. The predicted molar refractivity (Wildman–Crippen MR) is 74.6 cm³/mol. The van der Waals surface area contributed by atoms with Crippen molar-refractivity contribution in [1.82, 2.24) is 5.32 Å². The summed E-state index contributed by atoms with van der Waals surface area (Å²) < 4.78 is 5.65. The van der Waals surface area contributed by atoms with Crippen LogP contribution in [0.15, 0.2) is 22.7 Å². The fourth-order valence-corrected chi connectivity index (χ4v) is 2.19. The van der Waals surface area contributed by atoms with Crippen LogP contribution >= 0.6 is 27.5 Å². The lowest BCUT2D eigenvalue weighted by Gasteiger charge is -2.17. The van der Waals surface area contributed by atoms with Crippen LogP contribution in [-0.2, 0) is 9.53 Å². The summed E-state index contributed by atoms with van der Waals surface area (Å²) in [6, 6.07) is 5.05. The van der Waals surface area contributed by atoms with Gasteiger partial charge in [0.25, 0.3) is 0 Å². The molecule has 2 rings (SSSR count). The molecule has 1 N–H and O–H groups in total. The van der Waals surface area contributed by atoms with E-state index in [9.17, 15) is 4.79 Å². The number of hydrogen-bond donors (Lipinski definition) is 1. The van der Waals surface area contributed by atoms with Gasteiger partial charge in [0.05, 0.1) is 12.1 Å². The Balaban J connectivity index is 2.14. The van der Waals surface area contributed by atoms with Crippen molar-refractivity contribution in [3.05, 3.63) is 33.3 Å². The molecule has 3 nitrogen and oxygen atoms in total. The van der Waals surface area contributed by atoms with E-state index in [1.165, 1.54) is 20.0 Å². The number of esters is 1. The highest BCUT2D eigenvalue weighted by molar-refractivity contribution is 9.10. The second-order valence-electron chi connectivity index (χ2n) is 4.48. The number of ether oxygens (including phenoxy) is 1. The molecule has 1 saturated carbocycles. The minimum Gasteiger partial charge on any atom is -0.468 e. The monoisotopic (exact) mass is 331 g/mol. The van der Waals surface area contributed by atoms with Crippen molar-refractivity contribution in [2.45, 2.75) is 18.9 Å². The molecule has 98 valence electrons. The van der Waals surface area contributed by atoms with E-state index in [0.717, 1.165) is 16.6 Å². The summed E-state index contributed by atoms with van der Waals surface area (Å²) in [5.74, 6) is 0.414. The third-order valence-corrected chi connectivity index (χ3v) is 4.25. The number of rotatable bonds is 5. The molecule has 0 aliphatic heterocycles. The Morgan fingerprint density at radius 2 is 2.33 bits per heavy atom. The molecule has 18 heavy (non-hydrogen) atoms. The Morgan fingerprint density at radius 3 is 2.89 bits per heavy atom. The summed E-state index contributed by atoms with van der Waals surface area (Å²) in [5, 5.41) is 3.84. The van der Waals surface area contributed by atoms with Gasteiger partial charge in [-0.3, -0.25) is 0 Å². The van der Waals surface area contributed by atoms with Crippen molar-refractivity contribution in [2.75, 3.05) is 13.7 Å². The number of halogens is 2. The van der Waals surface area contributed by atoms with Crippen molar-refractivity contribution in [3.8, 4) is 0 Å². The maximum Gasteiger partial charge on any atom is 0.327 e. The number of methoxy groups -OCH3 is 1. The van der Waals surface area contributed by atoms with E-state index in [4.69, 9.17) is 16.3 Å². The number of benzene rings is 1. The van der Waals surface area contributed by atoms with Gasteiger partial charge < -0.3 is 10.1 Å². The highest BCUT2D eigenvalue weighted by Gasteiger charge is 2.26. The molecule has 1 aromatic rings. The van der Waals surface area contributed by atoms with Gasteiger partial charge in [-0.1, -0.05) is 17.7 Å². The summed E-state index contributed by atoms with van der Waals surface area (Å²) in [6.45, 7) is 0.841. The van der Waals surface area contributed by atoms with E-state index in [1.807, 2.05) is 12.1 Å². The van der Waals surface area contributed by atoms with Gasteiger partial charge in [-0.2, -0.15) is 0 Å². The van der Waals surface area contributed by atoms with E-state index in [-0.39, 0.29) is 5.97 Å². The first kappa shape index (κ1) is 13.8. The smallest absolute Gasteiger partial charge is 0.327 e. The van der Waals surface area contributed by atoms with Crippen molar-refractivity contribution in [2.24, 2.45) is 5.92 Å². The van der Waals surface area contributed by atoms with Crippen LogP contribution in [0.2, 0.25) is 5.02 Å². The van der Waals surface area contributed by atoms with Crippen molar-refractivity contribution < 1.29 is 9.53 Å². The molecule has 0 aromatic heterocycles. The lowest BCUT2D eigenvalue weighted by Crippen LogP contribution is -2.31. The maximum absolute atomic E-state index is 11.8. The topological polar surface area (TPSA) is 38.3 Å². The van der Waals surface area contributed by atoms with Crippen molar-refractivity contribution in [3.63, 3.8) is 0 Å². The second kappa shape index (κ2) is 6.04. The molecule has 1 aliphatic rings. The summed E-state index contributed by atoms with van der Waals surface area (Å²) in [6.07, 6.45) is 2.48. The molecule has 1 aromatic carbocycles. The van der Waals surface area contributed by atoms with Gasteiger partial charge in [0.15, 0.2) is 0 Å². The zero-order valence-electron chi connectivity index (χ0n) is 10.1. The van der Waals surface area contributed by atoms with Crippen molar-refractivity contribution >= 4 is 33.5 Å². The fourth-order valence-electron chi connectivity index (χ4n) is 1.75. The Morgan fingerprint density at radius 1 is 1.61 bits per heavy atom. The summed E-state index contributed by atoms with van der Waals surface area (Å²) in [5.41, 5.74) is 0.829. The van der Waals surface area contributed by atoms with Crippen molar-refractivity contribution in [1.29, 1.82) is 0 Å². The van der Waals surface area contributed by atoms with Crippen LogP contribution in [0.4, 0.5) is 0 Å². The molecular weight excluding hydrogens is 318 g/mol. The van der Waals surface area contributed by atoms with Crippen LogP contribution < -0.4 is 5.32 Å². The second-order valence-corrected chi connectivity index (χ2v) is 5.74. The standard InChI is InChI=1S/C13H15BrClNO2/c1-18-13(17)12(16-7-8-2-3-8)9-4-5-10(14)11(15)6-9/h4-6,8,12,16H,2-3,7H2,1H3. The Hall–Kier alpha value is -0.580. The maximum atomic E-state index is 11.8. The van der Waals surface area contributed by atoms with Crippen LogP contribution in [0.3, 0.4) is 0 Å². The predicted octanol–water partition coefficient (Wildman–Crippen LogP) is 3.32. The molecule has 5 heteroatoms. The Bertz CT molecular complexity index is 449. The summed E-state index contributed by atoms with van der Waals surface area (Å²) in [7, 11) is 1.40. The Kier molecular flexibility index (Phi) is 4.65. The van der Waals surface area contributed by atoms with Gasteiger partial charge in [0.2, 0.25) is 0 Å². The average molecular weight is 333 g/mol. The minimum absolute atomic E-state index is 0.283. The zero-order valence-corrected chi connectivity index (χ0v) is 12.4.